The van der Waals surface area contributed by atoms with Crippen LogP contribution in [0.2, 0.25) is 5.02 Å². The molecule has 0 N–H and O–H groups in total. The Hall–Kier alpha value is -1.88. The molecule has 0 fully saturated rings. The van der Waals surface area contributed by atoms with Crippen molar-refractivity contribution in [2.75, 3.05) is 6.61 Å². The van der Waals surface area contributed by atoms with E-state index in [0.717, 1.165) is 5.56 Å². The lowest BCUT2D eigenvalue weighted by molar-refractivity contribution is 0.0504. The highest BCUT2D eigenvalue weighted by Crippen LogP contribution is 2.27. The largest absolute Gasteiger partial charge is 0.460 e. The number of halogens is 1. The Balaban J connectivity index is 2.45. The number of carbonyl (C=O) groups is 1. The first kappa shape index (κ1) is 14.5. The second kappa shape index (κ2) is 6.05. The molecule has 5 nitrogen and oxygen atoms in total. The predicted octanol–water partition coefficient (Wildman–Crippen LogP) is 3.03. The third kappa shape index (κ3) is 2.67. The average Bonchev–Trinajstić information content (AvgIpc) is 2.81. The zero-order valence-electron chi connectivity index (χ0n) is 11.6. The van der Waals surface area contributed by atoms with Crippen molar-refractivity contribution in [2.24, 2.45) is 0 Å². The number of carbonyl (C=O) groups excluding carboxylic acids is 1. The van der Waals surface area contributed by atoms with Crippen molar-refractivity contribution in [3.8, 4) is 0 Å². The van der Waals surface area contributed by atoms with E-state index in [9.17, 15) is 4.79 Å². The number of esters is 1. The highest BCUT2D eigenvalue weighted by molar-refractivity contribution is 6.31. The molecule has 0 aliphatic carbocycles. The quantitative estimate of drug-likeness (QED) is 0.813. The molecule has 0 saturated carbocycles. The van der Waals surface area contributed by atoms with Gasteiger partial charge in [-0.15, -0.1) is 10.2 Å². The third-order valence-electron chi connectivity index (χ3n) is 3.07. The van der Waals surface area contributed by atoms with Crippen molar-refractivity contribution in [3.05, 3.63) is 46.5 Å². The number of benzene rings is 1. The Bertz CT molecular complexity index is 625. The Morgan fingerprint density at radius 2 is 2.10 bits per heavy atom. The summed E-state index contributed by atoms with van der Waals surface area (Å²) >= 11 is 6.21. The summed E-state index contributed by atoms with van der Waals surface area (Å²) < 4.78 is 6.74. The number of rotatable bonds is 4. The van der Waals surface area contributed by atoms with Crippen molar-refractivity contribution in [2.45, 2.75) is 26.8 Å². The van der Waals surface area contributed by atoms with E-state index >= 15 is 0 Å². The molecule has 0 spiro atoms. The molecule has 106 valence electrons. The lowest BCUT2D eigenvalue weighted by Crippen LogP contribution is -2.18. The number of aromatic nitrogens is 3. The molecule has 0 aliphatic heterocycles. The normalized spacial score (nSPS) is 12.2. The lowest BCUT2D eigenvalue weighted by atomic mass is 10.1. The summed E-state index contributed by atoms with van der Waals surface area (Å²) in [6.07, 6.45) is 0. The highest BCUT2D eigenvalue weighted by Gasteiger charge is 2.23. The third-order valence-corrected chi connectivity index (χ3v) is 3.41. The van der Waals surface area contributed by atoms with Gasteiger partial charge in [-0.25, -0.2) is 4.79 Å². The number of ether oxygens (including phenoxy) is 1. The number of aryl methyl sites for hydroxylation is 1. The molecule has 0 radical (unpaired) electrons. The number of nitrogens with zero attached hydrogens (tertiary/aromatic N) is 3. The minimum Gasteiger partial charge on any atom is -0.460 e. The second-order valence-corrected chi connectivity index (χ2v) is 4.77. The van der Waals surface area contributed by atoms with Gasteiger partial charge in [0.05, 0.1) is 12.6 Å². The summed E-state index contributed by atoms with van der Waals surface area (Å²) in [6.45, 7) is 5.79. The minimum absolute atomic E-state index is 0.155. The van der Waals surface area contributed by atoms with Gasteiger partial charge in [-0.2, -0.15) is 0 Å². The van der Waals surface area contributed by atoms with Gasteiger partial charge in [-0.3, -0.25) is 4.57 Å². The molecule has 1 heterocycles. The molecule has 0 bridgehead atoms. The summed E-state index contributed by atoms with van der Waals surface area (Å²) in [5.41, 5.74) is 0.905. The molecule has 1 atom stereocenters. The van der Waals surface area contributed by atoms with Crippen molar-refractivity contribution in [3.63, 3.8) is 0 Å². The molecule has 0 saturated heterocycles. The van der Waals surface area contributed by atoms with Crippen molar-refractivity contribution in [1.82, 2.24) is 14.8 Å². The van der Waals surface area contributed by atoms with Crippen LogP contribution in [0.25, 0.3) is 0 Å². The Kier molecular flexibility index (Phi) is 4.39. The van der Waals surface area contributed by atoms with E-state index < -0.39 is 5.97 Å². The first-order valence-electron chi connectivity index (χ1n) is 6.39. The monoisotopic (exact) mass is 293 g/mol. The topological polar surface area (TPSA) is 57.0 Å². The Labute approximate surface area is 122 Å². The maximum Gasteiger partial charge on any atom is 0.376 e. The van der Waals surface area contributed by atoms with Gasteiger partial charge in [-0.05, 0) is 32.4 Å². The van der Waals surface area contributed by atoms with E-state index in [2.05, 4.69) is 10.2 Å². The van der Waals surface area contributed by atoms with Crippen LogP contribution in [0.3, 0.4) is 0 Å². The zero-order chi connectivity index (χ0) is 14.7. The average molecular weight is 294 g/mol. The molecule has 2 aromatic rings. The predicted molar refractivity (Wildman–Crippen MR) is 76.0 cm³/mol. The standard InChI is InChI=1S/C14H16ClN3O2/c1-4-20-14(19)13-17-16-10(3)18(13)9(2)11-7-5-6-8-12(11)15/h5-9H,4H2,1-3H3. The maximum absolute atomic E-state index is 11.9. The van der Waals surface area contributed by atoms with Crippen LogP contribution >= 0.6 is 11.6 Å². The van der Waals surface area contributed by atoms with Crippen molar-refractivity contribution < 1.29 is 9.53 Å². The van der Waals surface area contributed by atoms with Gasteiger partial charge in [0.15, 0.2) is 0 Å². The van der Waals surface area contributed by atoms with E-state index in [1.54, 1.807) is 18.4 Å². The first-order valence-corrected chi connectivity index (χ1v) is 6.77. The molecule has 1 aromatic carbocycles. The highest BCUT2D eigenvalue weighted by atomic mass is 35.5. The SMILES string of the molecule is CCOC(=O)c1nnc(C)n1C(C)c1ccccc1Cl. The van der Waals surface area contributed by atoms with Gasteiger partial charge >= 0.3 is 5.97 Å². The molecule has 0 aliphatic rings. The van der Waals surface area contributed by atoms with E-state index in [1.807, 2.05) is 31.2 Å². The summed E-state index contributed by atoms with van der Waals surface area (Å²) in [5, 5.41) is 8.51. The van der Waals surface area contributed by atoms with E-state index in [0.29, 0.717) is 17.5 Å². The van der Waals surface area contributed by atoms with Crippen molar-refractivity contribution in [1.29, 1.82) is 0 Å². The summed E-state index contributed by atoms with van der Waals surface area (Å²) in [4.78, 5) is 11.9. The van der Waals surface area contributed by atoms with Gasteiger partial charge in [0, 0.05) is 5.02 Å². The summed E-state index contributed by atoms with van der Waals surface area (Å²) in [7, 11) is 0. The molecular formula is C14H16ClN3O2. The van der Waals surface area contributed by atoms with Crippen molar-refractivity contribution >= 4 is 17.6 Å². The molecule has 1 aromatic heterocycles. The van der Waals surface area contributed by atoms with Gasteiger partial charge in [0.2, 0.25) is 5.82 Å². The van der Waals surface area contributed by atoms with Crippen LogP contribution in [-0.4, -0.2) is 27.3 Å². The summed E-state index contributed by atoms with van der Waals surface area (Å²) in [5.74, 6) is 0.351. The second-order valence-electron chi connectivity index (χ2n) is 4.36. The van der Waals surface area contributed by atoms with Crippen LogP contribution in [0.15, 0.2) is 24.3 Å². The molecular weight excluding hydrogens is 278 g/mol. The fourth-order valence-corrected chi connectivity index (χ4v) is 2.41. The molecule has 1 unspecified atom stereocenters. The zero-order valence-corrected chi connectivity index (χ0v) is 12.4. The van der Waals surface area contributed by atoms with E-state index in [-0.39, 0.29) is 11.9 Å². The molecule has 20 heavy (non-hydrogen) atoms. The van der Waals surface area contributed by atoms with Crippen LogP contribution in [0.5, 0.6) is 0 Å². The molecule has 0 amide bonds. The van der Waals surface area contributed by atoms with Gasteiger partial charge in [0.25, 0.3) is 0 Å². The fourth-order valence-electron chi connectivity index (χ4n) is 2.12. The van der Waals surface area contributed by atoms with Gasteiger partial charge < -0.3 is 4.74 Å². The molecule has 6 heteroatoms. The number of hydrogen-bond donors (Lipinski definition) is 0. The lowest BCUT2D eigenvalue weighted by Gasteiger charge is -2.18. The fraction of sp³-hybridized carbons (Fsp3) is 0.357. The Morgan fingerprint density at radius 1 is 1.40 bits per heavy atom. The van der Waals surface area contributed by atoms with Gasteiger partial charge in [-0.1, -0.05) is 29.8 Å². The van der Waals surface area contributed by atoms with Crippen LogP contribution in [0.1, 0.15) is 41.9 Å². The van der Waals surface area contributed by atoms with Crippen LogP contribution in [0, 0.1) is 6.92 Å². The van der Waals surface area contributed by atoms with E-state index in [1.165, 1.54) is 0 Å². The summed E-state index contributed by atoms with van der Waals surface area (Å²) in [6, 6.07) is 7.35. The van der Waals surface area contributed by atoms with Gasteiger partial charge in [0.1, 0.15) is 5.82 Å². The van der Waals surface area contributed by atoms with Crippen LogP contribution in [0.4, 0.5) is 0 Å². The maximum atomic E-state index is 11.9. The van der Waals surface area contributed by atoms with Crippen LogP contribution < -0.4 is 0 Å². The van der Waals surface area contributed by atoms with Crippen LogP contribution in [-0.2, 0) is 4.74 Å². The molecule has 2 rings (SSSR count). The smallest absolute Gasteiger partial charge is 0.376 e. The Morgan fingerprint density at radius 3 is 2.75 bits per heavy atom. The minimum atomic E-state index is -0.480. The van der Waals surface area contributed by atoms with E-state index in [4.69, 9.17) is 16.3 Å². The first-order chi connectivity index (χ1) is 9.56. The number of hydrogen-bond acceptors (Lipinski definition) is 4.